The number of hydrogen-bond acceptors (Lipinski definition) is 3. The first-order valence-corrected chi connectivity index (χ1v) is 7.63. The molecule has 3 amide bonds. The van der Waals surface area contributed by atoms with Crippen LogP contribution >= 0.6 is 0 Å². The fourth-order valence-electron chi connectivity index (χ4n) is 2.73. The van der Waals surface area contributed by atoms with Gasteiger partial charge in [0.2, 0.25) is 11.8 Å². The molecule has 6 nitrogen and oxygen atoms in total. The third kappa shape index (κ3) is 3.43. The second-order valence-corrected chi connectivity index (χ2v) is 5.67. The lowest BCUT2D eigenvalue weighted by atomic mass is 9.99. The number of nitrogens with one attached hydrogen (secondary N) is 2. The number of carbonyl (C=O) groups excluding carboxylic acids is 3. The molecule has 122 valence electrons. The van der Waals surface area contributed by atoms with Gasteiger partial charge in [-0.3, -0.25) is 14.4 Å². The monoisotopic (exact) mass is 323 g/mol. The average Bonchev–Trinajstić information content (AvgIpc) is 2.55. The highest BCUT2D eigenvalue weighted by Crippen LogP contribution is 2.24. The molecule has 0 spiro atoms. The summed E-state index contributed by atoms with van der Waals surface area (Å²) in [5.41, 5.74) is 8.66. The van der Waals surface area contributed by atoms with Crippen molar-refractivity contribution in [2.45, 2.75) is 19.3 Å². The van der Waals surface area contributed by atoms with E-state index in [0.717, 1.165) is 16.8 Å². The van der Waals surface area contributed by atoms with Crippen LogP contribution < -0.4 is 16.4 Å². The van der Waals surface area contributed by atoms with Crippen LogP contribution in [0.15, 0.2) is 42.5 Å². The first-order chi connectivity index (χ1) is 11.5. The summed E-state index contributed by atoms with van der Waals surface area (Å²) in [6, 6.07) is 12.2. The Labute approximate surface area is 139 Å². The number of para-hydroxylation sites is 1. The van der Waals surface area contributed by atoms with Crippen LogP contribution in [0.25, 0.3) is 0 Å². The van der Waals surface area contributed by atoms with E-state index in [1.54, 1.807) is 24.3 Å². The predicted molar refractivity (Wildman–Crippen MR) is 90.7 cm³/mol. The van der Waals surface area contributed by atoms with Crippen LogP contribution in [-0.2, 0) is 22.4 Å². The van der Waals surface area contributed by atoms with Crippen molar-refractivity contribution in [3.05, 3.63) is 59.2 Å². The molecule has 0 unspecified atom stereocenters. The predicted octanol–water partition coefficient (Wildman–Crippen LogP) is 1.85. The lowest BCUT2D eigenvalue weighted by molar-refractivity contribution is -0.117. The number of nitrogens with two attached hydrogens (primary N) is 1. The number of anilines is 2. The van der Waals surface area contributed by atoms with Gasteiger partial charge in [-0.1, -0.05) is 24.3 Å². The Bertz CT molecular complexity index is 830. The van der Waals surface area contributed by atoms with Gasteiger partial charge in [0.05, 0.1) is 17.7 Å². The Morgan fingerprint density at radius 3 is 2.71 bits per heavy atom. The molecule has 0 saturated heterocycles. The van der Waals surface area contributed by atoms with E-state index in [0.29, 0.717) is 18.5 Å². The van der Waals surface area contributed by atoms with Gasteiger partial charge in [0.15, 0.2) is 0 Å². The number of benzene rings is 2. The molecule has 6 heteroatoms. The van der Waals surface area contributed by atoms with Gasteiger partial charge in [0, 0.05) is 12.1 Å². The molecule has 2 aromatic carbocycles. The summed E-state index contributed by atoms with van der Waals surface area (Å²) >= 11 is 0. The maximum Gasteiger partial charge on any atom is 0.250 e. The van der Waals surface area contributed by atoms with Crippen LogP contribution in [0.5, 0.6) is 0 Å². The molecule has 0 atom stereocenters. The molecule has 0 saturated carbocycles. The molecule has 1 aliphatic rings. The number of carbonyl (C=O) groups is 3. The SMILES string of the molecule is NC(=O)c1ccccc1NC(=O)Cc1ccc2c(c1)CCC(=O)N2. The average molecular weight is 323 g/mol. The molecule has 0 aromatic heterocycles. The maximum absolute atomic E-state index is 12.2. The molecule has 1 aliphatic heterocycles. The number of amides is 3. The first-order valence-electron chi connectivity index (χ1n) is 7.63. The van der Waals surface area contributed by atoms with E-state index in [9.17, 15) is 14.4 Å². The minimum Gasteiger partial charge on any atom is -0.366 e. The minimum atomic E-state index is -0.588. The van der Waals surface area contributed by atoms with Gasteiger partial charge in [-0.15, -0.1) is 0 Å². The van der Waals surface area contributed by atoms with Crippen molar-refractivity contribution in [3.63, 3.8) is 0 Å². The number of hydrogen-bond donors (Lipinski definition) is 3. The van der Waals surface area contributed by atoms with Crippen LogP contribution in [0, 0.1) is 0 Å². The highest BCUT2D eigenvalue weighted by Gasteiger charge is 2.16. The van der Waals surface area contributed by atoms with E-state index in [4.69, 9.17) is 5.73 Å². The van der Waals surface area contributed by atoms with Crippen LogP contribution in [0.1, 0.15) is 27.9 Å². The molecule has 0 bridgehead atoms. The molecular weight excluding hydrogens is 306 g/mol. The van der Waals surface area contributed by atoms with E-state index in [-0.39, 0.29) is 23.8 Å². The Balaban J connectivity index is 1.72. The summed E-state index contributed by atoms with van der Waals surface area (Å²) in [6.07, 6.45) is 1.30. The zero-order chi connectivity index (χ0) is 17.1. The van der Waals surface area contributed by atoms with Crippen LogP contribution in [0.4, 0.5) is 11.4 Å². The second-order valence-electron chi connectivity index (χ2n) is 5.67. The van der Waals surface area contributed by atoms with Crippen LogP contribution in [0.3, 0.4) is 0 Å². The highest BCUT2D eigenvalue weighted by atomic mass is 16.2. The summed E-state index contributed by atoms with van der Waals surface area (Å²) in [5.74, 6) is -0.810. The van der Waals surface area contributed by atoms with Gasteiger partial charge in [-0.25, -0.2) is 0 Å². The van der Waals surface area contributed by atoms with E-state index >= 15 is 0 Å². The molecule has 0 aliphatic carbocycles. The van der Waals surface area contributed by atoms with Crippen LogP contribution in [-0.4, -0.2) is 17.7 Å². The third-order valence-electron chi connectivity index (χ3n) is 3.90. The molecule has 2 aromatic rings. The van der Waals surface area contributed by atoms with Crippen molar-refractivity contribution in [1.29, 1.82) is 0 Å². The Hall–Kier alpha value is -3.15. The molecule has 0 fully saturated rings. The summed E-state index contributed by atoms with van der Waals surface area (Å²) in [7, 11) is 0. The fraction of sp³-hybridized carbons (Fsp3) is 0.167. The van der Waals surface area contributed by atoms with E-state index in [1.807, 2.05) is 18.2 Å². The van der Waals surface area contributed by atoms with Gasteiger partial charge in [-0.2, -0.15) is 0 Å². The molecule has 24 heavy (non-hydrogen) atoms. The van der Waals surface area contributed by atoms with Crippen LogP contribution in [0.2, 0.25) is 0 Å². The zero-order valence-electron chi connectivity index (χ0n) is 13.0. The summed E-state index contributed by atoms with van der Waals surface area (Å²) in [5, 5.41) is 5.53. The topological polar surface area (TPSA) is 101 Å². The zero-order valence-corrected chi connectivity index (χ0v) is 13.0. The van der Waals surface area contributed by atoms with E-state index < -0.39 is 5.91 Å². The first kappa shape index (κ1) is 15.7. The normalized spacial score (nSPS) is 12.9. The Morgan fingerprint density at radius 1 is 1.12 bits per heavy atom. The van der Waals surface area contributed by atoms with Gasteiger partial charge in [0.25, 0.3) is 5.91 Å². The van der Waals surface area contributed by atoms with Gasteiger partial charge >= 0.3 is 0 Å². The number of primary amides is 1. The van der Waals surface area contributed by atoms with Gasteiger partial charge in [-0.05, 0) is 35.7 Å². The summed E-state index contributed by atoms with van der Waals surface area (Å²) < 4.78 is 0. The number of fused-ring (bicyclic) bond motifs is 1. The smallest absolute Gasteiger partial charge is 0.250 e. The van der Waals surface area contributed by atoms with Crippen molar-refractivity contribution in [3.8, 4) is 0 Å². The van der Waals surface area contributed by atoms with Crippen molar-refractivity contribution in [1.82, 2.24) is 0 Å². The highest BCUT2D eigenvalue weighted by molar-refractivity contribution is 6.03. The van der Waals surface area contributed by atoms with Gasteiger partial charge < -0.3 is 16.4 Å². The van der Waals surface area contributed by atoms with Crippen molar-refractivity contribution < 1.29 is 14.4 Å². The number of rotatable bonds is 4. The largest absolute Gasteiger partial charge is 0.366 e. The second kappa shape index (κ2) is 6.54. The minimum absolute atomic E-state index is 0.0102. The van der Waals surface area contributed by atoms with E-state index in [2.05, 4.69) is 10.6 Å². The fourth-order valence-corrected chi connectivity index (χ4v) is 2.73. The lowest BCUT2D eigenvalue weighted by Gasteiger charge is -2.17. The van der Waals surface area contributed by atoms with Crippen molar-refractivity contribution in [2.24, 2.45) is 5.73 Å². The molecular formula is C18H17N3O3. The summed E-state index contributed by atoms with van der Waals surface area (Å²) in [4.78, 5) is 35.0. The Kier molecular flexibility index (Phi) is 4.29. The molecule has 1 heterocycles. The Morgan fingerprint density at radius 2 is 1.92 bits per heavy atom. The maximum atomic E-state index is 12.2. The molecule has 3 rings (SSSR count). The molecule has 0 radical (unpaired) electrons. The third-order valence-corrected chi connectivity index (χ3v) is 3.90. The van der Waals surface area contributed by atoms with Crippen molar-refractivity contribution in [2.75, 3.05) is 10.6 Å². The summed E-state index contributed by atoms with van der Waals surface area (Å²) in [6.45, 7) is 0. The lowest BCUT2D eigenvalue weighted by Crippen LogP contribution is -2.21. The van der Waals surface area contributed by atoms with Crippen molar-refractivity contribution >= 4 is 29.1 Å². The molecule has 4 N–H and O–H groups in total. The number of aryl methyl sites for hydroxylation is 1. The quantitative estimate of drug-likeness (QED) is 0.800. The standard InChI is InChI=1S/C18H17N3O3/c19-18(24)13-3-1-2-4-15(13)21-17(23)10-11-5-7-14-12(9-11)6-8-16(22)20-14/h1-5,7,9H,6,8,10H2,(H2,19,24)(H,20,22)(H,21,23). The van der Waals surface area contributed by atoms with Gasteiger partial charge in [0.1, 0.15) is 0 Å². The van der Waals surface area contributed by atoms with E-state index in [1.165, 1.54) is 0 Å².